The first kappa shape index (κ1) is 55.4. The van der Waals surface area contributed by atoms with E-state index in [-0.39, 0.29) is 0 Å². The molecule has 0 saturated carbocycles. The molecule has 2 nitrogen and oxygen atoms in total. The molecule has 2 aromatic rings. The van der Waals surface area contributed by atoms with Crippen molar-refractivity contribution < 1.29 is 4.70 Å². The fourth-order valence-electron chi connectivity index (χ4n) is 9.94. The predicted molar refractivity (Wildman–Crippen MR) is 284 cm³/mol. The van der Waals surface area contributed by atoms with Crippen LogP contribution in [0.25, 0.3) is 16.9 Å². The van der Waals surface area contributed by atoms with Crippen molar-refractivity contribution in [3.8, 4) is 11.8 Å². The predicted octanol–water partition coefficient (Wildman–Crippen LogP) is 20.8. The maximum absolute atomic E-state index is 12.1. The van der Waals surface area contributed by atoms with Crippen LogP contribution in [0.1, 0.15) is 294 Å². The number of unbranched alkanes of at least 4 members (excludes halogenated alkanes) is 34. The highest BCUT2D eigenvalue weighted by atomic mass is 15.2. The SMILES string of the molecule is CCCCCCCCCCCCCCCCCCCCCCCCCCC#CC1=C(c2cccc(CCCCCCCC)c2)[N+](=[N-])C(c2cccc(CCCCCCCC)c2)=C1CC. The maximum Gasteiger partial charge on any atom is 0.223 e. The van der Waals surface area contributed by atoms with Gasteiger partial charge >= 0.3 is 0 Å². The Hall–Kier alpha value is -2.92. The third-order valence-electron chi connectivity index (χ3n) is 14.0. The Bertz CT molecular complexity index is 1610. The number of benzene rings is 2. The number of hydrogen-bond donors (Lipinski definition) is 0. The minimum atomic E-state index is 0.832. The Morgan fingerprint density at radius 1 is 0.391 bits per heavy atom. The van der Waals surface area contributed by atoms with E-state index in [4.69, 9.17) is 0 Å². The van der Waals surface area contributed by atoms with Crippen LogP contribution in [0.3, 0.4) is 0 Å². The summed E-state index contributed by atoms with van der Waals surface area (Å²) in [5.41, 5.74) is 21.0. The Labute approximate surface area is 398 Å². The van der Waals surface area contributed by atoms with Crippen LogP contribution in [0.4, 0.5) is 0 Å². The number of rotatable bonds is 41. The van der Waals surface area contributed by atoms with Gasteiger partial charge in [0.25, 0.3) is 0 Å². The van der Waals surface area contributed by atoms with Gasteiger partial charge in [-0.25, -0.2) is 4.70 Å². The second-order valence-electron chi connectivity index (χ2n) is 19.8. The topological polar surface area (TPSA) is 25.3 Å². The van der Waals surface area contributed by atoms with Crippen LogP contribution < -0.4 is 0 Å². The molecule has 0 saturated heterocycles. The number of aryl methyl sites for hydroxylation is 2. The van der Waals surface area contributed by atoms with Gasteiger partial charge in [0.05, 0.1) is 0 Å². The lowest BCUT2D eigenvalue weighted by Crippen LogP contribution is -2.03. The molecule has 0 bridgehead atoms. The van der Waals surface area contributed by atoms with Crippen molar-refractivity contribution in [3.63, 3.8) is 0 Å². The molecule has 0 aromatic heterocycles. The van der Waals surface area contributed by atoms with Gasteiger partial charge in [0.1, 0.15) is 5.57 Å². The van der Waals surface area contributed by atoms with Crippen LogP contribution in [0.5, 0.6) is 0 Å². The summed E-state index contributed by atoms with van der Waals surface area (Å²) in [5.74, 6) is 7.27. The van der Waals surface area contributed by atoms with Gasteiger partial charge in [-0.1, -0.05) is 276 Å². The molecule has 64 heavy (non-hydrogen) atoms. The molecule has 0 aliphatic carbocycles. The first-order valence-electron chi connectivity index (χ1n) is 28.3. The molecular weight excluding hydrogens is 773 g/mol. The van der Waals surface area contributed by atoms with Crippen molar-refractivity contribution in [1.82, 2.24) is 0 Å². The second-order valence-corrected chi connectivity index (χ2v) is 19.8. The normalized spacial score (nSPS) is 12.8. The van der Waals surface area contributed by atoms with Gasteiger partial charge in [-0.2, -0.15) is 0 Å². The minimum absolute atomic E-state index is 0.832. The maximum atomic E-state index is 12.1. The summed E-state index contributed by atoms with van der Waals surface area (Å²) in [6.45, 7) is 9.10. The van der Waals surface area contributed by atoms with E-state index in [9.17, 15) is 5.53 Å². The summed E-state index contributed by atoms with van der Waals surface area (Å²) >= 11 is 0. The molecule has 358 valence electrons. The molecule has 0 spiro atoms. The van der Waals surface area contributed by atoms with Crippen LogP contribution >= 0.6 is 0 Å². The van der Waals surface area contributed by atoms with Gasteiger partial charge in [0.2, 0.25) is 11.4 Å². The monoisotopic (exact) mass is 873 g/mol. The van der Waals surface area contributed by atoms with E-state index >= 15 is 0 Å². The summed E-state index contributed by atoms with van der Waals surface area (Å²) in [7, 11) is 0. The number of nitrogens with zero attached hydrogens (tertiary/aromatic N) is 2. The third kappa shape index (κ3) is 24.0. The summed E-state index contributed by atoms with van der Waals surface area (Å²) in [4.78, 5) is 0. The molecule has 0 atom stereocenters. The molecule has 1 heterocycles. The second kappa shape index (κ2) is 38.2. The van der Waals surface area contributed by atoms with Gasteiger partial charge in [-0.05, 0) is 73.9 Å². The summed E-state index contributed by atoms with van der Waals surface area (Å²) < 4.78 is 1.50. The van der Waals surface area contributed by atoms with Crippen LogP contribution in [0.15, 0.2) is 59.7 Å². The van der Waals surface area contributed by atoms with Gasteiger partial charge in [0.15, 0.2) is 0 Å². The van der Waals surface area contributed by atoms with Gasteiger partial charge in [-0.15, -0.1) is 0 Å². The van der Waals surface area contributed by atoms with Crippen LogP contribution in [-0.4, -0.2) is 4.70 Å². The average Bonchev–Trinajstić information content (AvgIpc) is 3.60. The van der Waals surface area contributed by atoms with Gasteiger partial charge < -0.3 is 5.53 Å². The molecule has 0 fully saturated rings. The summed E-state index contributed by atoms with van der Waals surface area (Å²) in [6.07, 6.45) is 53.6. The van der Waals surface area contributed by atoms with Crippen molar-refractivity contribution in [3.05, 3.63) is 87.5 Å². The number of allylic oxidation sites excluding steroid dienone is 2. The Morgan fingerprint density at radius 3 is 1.08 bits per heavy atom. The van der Waals surface area contributed by atoms with E-state index < -0.39 is 0 Å². The zero-order valence-corrected chi connectivity index (χ0v) is 42.8. The van der Waals surface area contributed by atoms with E-state index in [1.54, 1.807) is 0 Å². The molecule has 0 N–H and O–H groups in total. The van der Waals surface area contributed by atoms with E-state index in [1.807, 2.05) is 0 Å². The third-order valence-corrected chi connectivity index (χ3v) is 14.0. The van der Waals surface area contributed by atoms with Gasteiger partial charge in [0, 0.05) is 23.1 Å². The summed E-state index contributed by atoms with van der Waals surface area (Å²) in [5, 5.41) is 0. The molecule has 1 aliphatic heterocycles. The minimum Gasteiger partial charge on any atom is -0.493 e. The van der Waals surface area contributed by atoms with Crippen LogP contribution in [0.2, 0.25) is 0 Å². The highest BCUT2D eigenvalue weighted by Crippen LogP contribution is 2.42. The highest BCUT2D eigenvalue weighted by Gasteiger charge is 2.34. The molecule has 0 amide bonds. The van der Waals surface area contributed by atoms with Gasteiger partial charge in [-0.3, -0.25) is 0 Å². The van der Waals surface area contributed by atoms with Crippen LogP contribution in [0, 0.1) is 11.8 Å². The molecule has 1 aliphatic rings. The number of hydrogen-bond acceptors (Lipinski definition) is 0. The molecule has 3 rings (SSSR count). The largest absolute Gasteiger partial charge is 0.493 e. The van der Waals surface area contributed by atoms with Crippen molar-refractivity contribution in [2.45, 2.75) is 285 Å². The van der Waals surface area contributed by atoms with Crippen molar-refractivity contribution >= 4 is 11.4 Å². The molecule has 0 unspecified atom stereocenters. The molecule has 2 heteroatoms. The standard InChI is InChI=1S/C62H100N2/c1-5-9-12-15-18-19-20-21-22-23-24-25-26-27-28-29-30-31-32-33-34-35-36-37-40-43-52-60-59(8-4)61(57-50-44-48-55(53-57)46-41-38-16-13-10-6-2)64(63)62(60)58-51-45-49-56(54-58)47-42-39-17-14-11-7-3/h44-45,48-51,53-54H,5-42,46-47H2,1-4H3. The fraction of sp³-hybridized carbons (Fsp3) is 0.710. The lowest BCUT2D eigenvalue weighted by atomic mass is 9.96. The smallest absolute Gasteiger partial charge is 0.223 e. The van der Waals surface area contributed by atoms with E-state index in [2.05, 4.69) is 88.1 Å². The average molecular weight is 873 g/mol. The molecule has 0 radical (unpaired) electrons. The lowest BCUT2D eigenvalue weighted by molar-refractivity contribution is -0.345. The van der Waals surface area contributed by atoms with Crippen LogP contribution in [-0.2, 0) is 12.8 Å². The Balaban J connectivity index is 1.43. The molecule has 2 aromatic carbocycles. The molecular formula is C62H100N2. The zero-order valence-electron chi connectivity index (χ0n) is 42.8. The van der Waals surface area contributed by atoms with E-state index in [0.29, 0.717) is 0 Å². The fourth-order valence-corrected chi connectivity index (χ4v) is 9.94. The first-order valence-corrected chi connectivity index (χ1v) is 28.3. The van der Waals surface area contributed by atoms with Crippen molar-refractivity contribution in [2.75, 3.05) is 0 Å². The Morgan fingerprint density at radius 2 is 0.719 bits per heavy atom. The van der Waals surface area contributed by atoms with E-state index in [0.717, 1.165) is 60.2 Å². The lowest BCUT2D eigenvalue weighted by Gasteiger charge is -2.11. The first-order chi connectivity index (χ1) is 31.6. The van der Waals surface area contributed by atoms with E-state index in [1.165, 1.54) is 246 Å². The summed E-state index contributed by atoms with van der Waals surface area (Å²) in [6, 6.07) is 17.9. The highest BCUT2D eigenvalue weighted by molar-refractivity contribution is 5.85. The quantitative estimate of drug-likeness (QED) is 0.0361. The zero-order chi connectivity index (χ0) is 45.6. The van der Waals surface area contributed by atoms with Crippen molar-refractivity contribution in [2.24, 2.45) is 0 Å². The Kier molecular flexibility index (Phi) is 33.1. The van der Waals surface area contributed by atoms with Crippen molar-refractivity contribution in [1.29, 1.82) is 0 Å².